The van der Waals surface area contributed by atoms with Crippen LogP contribution in [0.1, 0.15) is 5.56 Å². The number of hydrogen-bond acceptors (Lipinski definition) is 10. The van der Waals surface area contributed by atoms with Gasteiger partial charge in [0.25, 0.3) is 0 Å². The third-order valence-electron chi connectivity index (χ3n) is 4.54. The molecule has 4 atom stereocenters. The molecule has 0 radical (unpaired) electrons. The number of hydrogen-bond donors (Lipinski definition) is 7. The molecule has 34 heavy (non-hydrogen) atoms. The number of imidazole rings is 1. The van der Waals surface area contributed by atoms with E-state index in [-0.39, 0.29) is 17.1 Å². The van der Waals surface area contributed by atoms with Crippen molar-refractivity contribution in [3.8, 4) is 0 Å². The zero-order valence-corrected chi connectivity index (χ0v) is 18.6. The molecule has 17 heteroatoms. The number of nitrogens with one attached hydrogen (secondary N) is 2. The maximum absolute atomic E-state index is 13.8. The topological polar surface area (TPSA) is 203 Å². The zero-order chi connectivity index (χ0) is 25.0. The van der Waals surface area contributed by atoms with Crippen LogP contribution in [0.5, 0.6) is 0 Å². The molecule has 1 fully saturated rings. The molecular weight excluding hydrogens is 507 g/mol. The first-order chi connectivity index (χ1) is 16.0. The largest absolute Gasteiger partial charge is 0.469 e. The second-order valence-corrected chi connectivity index (χ2v) is 8.48. The summed E-state index contributed by atoms with van der Waals surface area (Å²) in [5.74, 6) is -1.05. The second-order valence-electron chi connectivity index (χ2n) is 6.83. The van der Waals surface area contributed by atoms with Gasteiger partial charge >= 0.3 is 7.82 Å². The number of rotatable bonds is 6. The van der Waals surface area contributed by atoms with E-state index in [1.54, 1.807) is 0 Å². The highest BCUT2D eigenvalue weighted by molar-refractivity contribution is 7.46. The summed E-state index contributed by atoms with van der Waals surface area (Å²) < 4.78 is 46.2. The summed E-state index contributed by atoms with van der Waals surface area (Å²) in [4.78, 5) is 31.4. The number of ether oxygens (including phenoxy) is 1. The van der Waals surface area contributed by atoms with Crippen molar-refractivity contribution >= 4 is 36.4 Å². The Morgan fingerprint density at radius 1 is 1.18 bits per heavy atom. The van der Waals surface area contributed by atoms with Crippen LogP contribution in [0.4, 0.5) is 14.6 Å². The standard InChI is InChI=1S/C12H8ClF2N5.C5H11O8P/c13-7-1-2-8(14)6(9(7)15)3-16-11-10-12(18-4-17-10)20-5-19-11;6-3-2(1-12-14(9,10)11)13-5(8)4(3)7/h1-2,4-5H,3H2,(H2,16,17,18,19,20);2-8H,1H2,(H2,9,10,11)/t;2-,3-,4-,5?/m.1/s1. The molecule has 1 aliphatic heterocycles. The number of aromatic amines is 1. The van der Waals surface area contributed by atoms with Gasteiger partial charge in [-0.25, -0.2) is 28.3 Å². The number of phosphoric ester groups is 1. The van der Waals surface area contributed by atoms with E-state index in [1.165, 1.54) is 18.7 Å². The number of nitrogens with zero attached hydrogens (tertiary/aromatic N) is 3. The van der Waals surface area contributed by atoms with Crippen LogP contribution < -0.4 is 5.32 Å². The summed E-state index contributed by atoms with van der Waals surface area (Å²) in [6.45, 7) is -0.705. The van der Waals surface area contributed by atoms with Crippen molar-refractivity contribution in [2.75, 3.05) is 11.9 Å². The minimum Gasteiger partial charge on any atom is -0.387 e. The molecule has 0 amide bonds. The van der Waals surface area contributed by atoms with Gasteiger partial charge in [0.2, 0.25) is 0 Å². The van der Waals surface area contributed by atoms with Crippen LogP contribution in [0, 0.1) is 11.6 Å². The third-order valence-corrected chi connectivity index (χ3v) is 5.32. The van der Waals surface area contributed by atoms with Gasteiger partial charge in [0, 0.05) is 12.1 Å². The van der Waals surface area contributed by atoms with Crippen molar-refractivity contribution in [3.63, 3.8) is 0 Å². The van der Waals surface area contributed by atoms with Crippen LogP contribution in [-0.2, 0) is 20.4 Å². The van der Waals surface area contributed by atoms with Crippen molar-refractivity contribution < 1.29 is 47.7 Å². The average molecular weight is 526 g/mol. The Bertz CT molecular complexity index is 1180. The molecule has 0 bridgehead atoms. The van der Waals surface area contributed by atoms with Gasteiger partial charge in [0.1, 0.15) is 41.8 Å². The maximum Gasteiger partial charge on any atom is 0.469 e. The van der Waals surface area contributed by atoms with Crippen molar-refractivity contribution in [1.29, 1.82) is 0 Å². The molecule has 13 nitrogen and oxygen atoms in total. The summed E-state index contributed by atoms with van der Waals surface area (Å²) in [5.41, 5.74) is 0.883. The van der Waals surface area contributed by atoms with Crippen LogP contribution in [0.3, 0.4) is 0 Å². The number of halogens is 3. The third kappa shape index (κ3) is 6.41. The number of fused-ring (bicyclic) bond motifs is 1. The van der Waals surface area contributed by atoms with E-state index >= 15 is 0 Å². The first kappa shape index (κ1) is 26.3. The molecule has 0 saturated carbocycles. The summed E-state index contributed by atoms with van der Waals surface area (Å²) in [7, 11) is -4.64. The minimum absolute atomic E-state index is 0.0939. The van der Waals surface area contributed by atoms with Gasteiger partial charge in [-0.15, -0.1) is 0 Å². The van der Waals surface area contributed by atoms with Crippen molar-refractivity contribution in [2.45, 2.75) is 31.1 Å². The molecule has 1 unspecified atom stereocenters. The summed E-state index contributed by atoms with van der Waals surface area (Å²) in [6, 6.07) is 2.29. The van der Waals surface area contributed by atoms with Crippen molar-refractivity contribution in [1.82, 2.24) is 19.9 Å². The van der Waals surface area contributed by atoms with Gasteiger partial charge in [-0.2, -0.15) is 0 Å². The number of aliphatic hydroxyl groups excluding tert-OH is 3. The Labute approximate surface area is 194 Å². The lowest BCUT2D eigenvalue weighted by Crippen LogP contribution is -2.34. The molecule has 0 spiro atoms. The van der Waals surface area contributed by atoms with E-state index in [0.29, 0.717) is 17.0 Å². The highest BCUT2D eigenvalue weighted by Crippen LogP contribution is 2.37. The second kappa shape index (κ2) is 10.9. The van der Waals surface area contributed by atoms with Gasteiger partial charge in [-0.3, -0.25) is 4.52 Å². The van der Waals surface area contributed by atoms with Crippen LogP contribution in [-0.4, -0.2) is 76.3 Å². The van der Waals surface area contributed by atoms with Gasteiger partial charge in [0.05, 0.1) is 18.0 Å². The number of H-pyrrole nitrogens is 1. The zero-order valence-electron chi connectivity index (χ0n) is 16.9. The Kier molecular flexibility index (Phi) is 8.46. The molecule has 3 aromatic rings. The predicted molar refractivity (Wildman–Crippen MR) is 111 cm³/mol. The van der Waals surface area contributed by atoms with Crippen LogP contribution in [0.25, 0.3) is 11.2 Å². The fourth-order valence-electron chi connectivity index (χ4n) is 2.84. The fourth-order valence-corrected chi connectivity index (χ4v) is 3.36. The molecule has 186 valence electrons. The molecule has 0 aliphatic carbocycles. The first-order valence-electron chi connectivity index (χ1n) is 9.38. The van der Waals surface area contributed by atoms with Crippen LogP contribution in [0.2, 0.25) is 5.02 Å². The first-order valence-corrected chi connectivity index (χ1v) is 11.3. The Balaban J connectivity index is 0.000000204. The van der Waals surface area contributed by atoms with E-state index < -0.39 is 50.7 Å². The van der Waals surface area contributed by atoms with E-state index in [0.717, 1.165) is 6.07 Å². The Morgan fingerprint density at radius 3 is 2.56 bits per heavy atom. The summed E-state index contributed by atoms with van der Waals surface area (Å²) in [6.07, 6.45) is -2.89. The molecule has 1 aliphatic rings. The highest BCUT2D eigenvalue weighted by atomic mass is 35.5. The van der Waals surface area contributed by atoms with E-state index in [2.05, 4.69) is 34.5 Å². The van der Waals surface area contributed by atoms with Crippen molar-refractivity contribution in [2.24, 2.45) is 0 Å². The fraction of sp³-hybridized carbons (Fsp3) is 0.353. The van der Waals surface area contributed by atoms with Gasteiger partial charge in [0.15, 0.2) is 17.8 Å². The molecule has 4 rings (SSSR count). The number of benzene rings is 1. The number of phosphoric acid groups is 1. The monoisotopic (exact) mass is 525 g/mol. The summed E-state index contributed by atoms with van der Waals surface area (Å²) >= 11 is 5.63. The molecule has 1 aromatic carbocycles. The lowest BCUT2D eigenvalue weighted by atomic mass is 10.1. The maximum atomic E-state index is 13.8. The van der Waals surface area contributed by atoms with Gasteiger partial charge in [-0.05, 0) is 12.1 Å². The van der Waals surface area contributed by atoms with Gasteiger partial charge < -0.3 is 40.1 Å². The molecule has 2 aromatic heterocycles. The van der Waals surface area contributed by atoms with Crippen LogP contribution in [0.15, 0.2) is 24.8 Å². The normalized spacial score (nSPS) is 22.5. The molecule has 3 heterocycles. The number of aliphatic hydroxyl groups is 3. The Hall–Kier alpha value is -2.33. The summed E-state index contributed by atoms with van der Waals surface area (Å²) in [5, 5.41) is 29.7. The van der Waals surface area contributed by atoms with Crippen LogP contribution >= 0.6 is 19.4 Å². The van der Waals surface area contributed by atoms with E-state index in [9.17, 15) is 13.3 Å². The number of anilines is 1. The average Bonchev–Trinajstić information content (AvgIpc) is 3.36. The lowest BCUT2D eigenvalue weighted by molar-refractivity contribution is -0.132. The highest BCUT2D eigenvalue weighted by Gasteiger charge is 2.42. The van der Waals surface area contributed by atoms with E-state index in [1.807, 2.05) is 0 Å². The minimum atomic E-state index is -4.64. The van der Waals surface area contributed by atoms with Gasteiger partial charge in [-0.1, -0.05) is 11.6 Å². The van der Waals surface area contributed by atoms with E-state index in [4.69, 9.17) is 36.7 Å². The van der Waals surface area contributed by atoms with Crippen molar-refractivity contribution in [3.05, 3.63) is 47.0 Å². The lowest BCUT2D eigenvalue weighted by Gasteiger charge is -2.14. The number of aromatic nitrogens is 4. The Morgan fingerprint density at radius 2 is 1.91 bits per heavy atom. The SMILES string of the molecule is Fc1ccc(Cl)c(F)c1CNc1ncnc2nc[nH]c12.O=P(O)(O)OC[C@H]1OC(O)[C@H](O)[C@@H]1O. The smallest absolute Gasteiger partial charge is 0.387 e. The molecular formula is C17H19ClF2N5O8P. The predicted octanol–water partition coefficient (Wildman–Crippen LogP) is 0.431. The quantitative estimate of drug-likeness (QED) is 0.173. The molecule has 1 saturated heterocycles. The molecule has 7 N–H and O–H groups in total.